The molecule has 2 heterocycles. The summed E-state index contributed by atoms with van der Waals surface area (Å²) in [5.41, 5.74) is 3.12. The largest absolute Gasteiger partial charge is 0.378 e. The van der Waals surface area contributed by atoms with Gasteiger partial charge in [0.25, 0.3) is 0 Å². The molecule has 0 unspecified atom stereocenters. The summed E-state index contributed by atoms with van der Waals surface area (Å²) in [7, 11) is 3.99. The Hall–Kier alpha value is -3.42. The fourth-order valence-electron chi connectivity index (χ4n) is 2.34. The zero-order valence-electron chi connectivity index (χ0n) is 14.9. The molecule has 8 heteroatoms. The van der Waals surface area contributed by atoms with Gasteiger partial charge in [0.05, 0.1) is 6.20 Å². The van der Waals surface area contributed by atoms with Gasteiger partial charge in [0.1, 0.15) is 11.3 Å². The maximum Gasteiger partial charge on any atom is 0.320 e. The molecular formula is C18H21N7O. The second-order valence-corrected chi connectivity index (χ2v) is 5.85. The maximum atomic E-state index is 11.6. The first-order valence-electron chi connectivity index (χ1n) is 8.28. The van der Waals surface area contributed by atoms with Crippen molar-refractivity contribution in [2.45, 2.75) is 6.92 Å². The van der Waals surface area contributed by atoms with E-state index in [4.69, 9.17) is 0 Å². The summed E-state index contributed by atoms with van der Waals surface area (Å²) in [5.74, 6) is 1.00. The first-order valence-corrected chi connectivity index (χ1v) is 8.28. The first-order chi connectivity index (χ1) is 12.5. The molecular weight excluding hydrogens is 330 g/mol. The zero-order valence-corrected chi connectivity index (χ0v) is 14.9. The third-order valence-electron chi connectivity index (χ3n) is 3.64. The monoisotopic (exact) mass is 351 g/mol. The van der Waals surface area contributed by atoms with Crippen molar-refractivity contribution in [2.75, 3.05) is 36.2 Å². The highest BCUT2D eigenvalue weighted by atomic mass is 16.2. The van der Waals surface area contributed by atoms with Crippen LogP contribution in [-0.4, -0.2) is 41.6 Å². The highest BCUT2D eigenvalue weighted by molar-refractivity contribution is 5.89. The van der Waals surface area contributed by atoms with Crippen LogP contribution in [-0.2, 0) is 0 Å². The molecule has 1 aromatic carbocycles. The number of urea groups is 1. The van der Waals surface area contributed by atoms with Crippen molar-refractivity contribution in [3.8, 4) is 0 Å². The van der Waals surface area contributed by atoms with Gasteiger partial charge < -0.3 is 15.5 Å². The number of aromatic nitrogens is 3. The average molecular weight is 351 g/mol. The third-order valence-corrected chi connectivity index (χ3v) is 3.64. The van der Waals surface area contributed by atoms with Crippen LogP contribution in [0, 0.1) is 0 Å². The smallest absolute Gasteiger partial charge is 0.320 e. The fraction of sp³-hybridized carbons (Fsp3) is 0.222. The number of nitrogens with one attached hydrogen (secondary N) is 3. The summed E-state index contributed by atoms with van der Waals surface area (Å²) >= 11 is 0. The maximum absolute atomic E-state index is 11.6. The number of carbonyl (C=O) groups excluding carboxylic acids is 1. The number of amides is 2. The molecule has 8 nitrogen and oxygen atoms in total. The molecule has 0 aliphatic rings. The van der Waals surface area contributed by atoms with E-state index in [-0.39, 0.29) is 6.03 Å². The number of rotatable bonds is 5. The summed E-state index contributed by atoms with van der Waals surface area (Å²) in [6.07, 6.45) is 1.65. The van der Waals surface area contributed by atoms with Crippen LogP contribution in [0.2, 0.25) is 0 Å². The van der Waals surface area contributed by atoms with Crippen LogP contribution in [0.15, 0.2) is 42.6 Å². The van der Waals surface area contributed by atoms with Crippen LogP contribution in [0.3, 0.4) is 0 Å². The Morgan fingerprint density at radius 2 is 1.77 bits per heavy atom. The Kier molecular flexibility index (Phi) is 5.12. The number of fused-ring (bicyclic) bond motifs is 1. The minimum Gasteiger partial charge on any atom is -0.378 e. The molecule has 0 bridgehead atoms. The lowest BCUT2D eigenvalue weighted by Gasteiger charge is -2.13. The number of benzene rings is 1. The quantitative estimate of drug-likeness (QED) is 0.654. The lowest BCUT2D eigenvalue weighted by atomic mass is 10.2. The molecule has 0 aliphatic heterocycles. The van der Waals surface area contributed by atoms with Gasteiger partial charge in [-0.15, -0.1) is 0 Å². The van der Waals surface area contributed by atoms with Gasteiger partial charge in [-0.1, -0.05) is 0 Å². The van der Waals surface area contributed by atoms with Crippen LogP contribution in [0.5, 0.6) is 0 Å². The molecule has 2 aromatic heterocycles. The molecule has 3 aromatic rings. The third kappa shape index (κ3) is 4.15. The molecule has 0 spiro atoms. The van der Waals surface area contributed by atoms with Crippen LogP contribution >= 0.6 is 0 Å². The summed E-state index contributed by atoms with van der Waals surface area (Å²) in [6.45, 7) is 2.39. The Balaban J connectivity index is 1.79. The highest BCUT2D eigenvalue weighted by Crippen LogP contribution is 2.20. The second-order valence-electron chi connectivity index (χ2n) is 5.85. The van der Waals surface area contributed by atoms with Crippen LogP contribution in [0.4, 0.5) is 27.8 Å². The molecule has 0 saturated heterocycles. The Bertz CT molecular complexity index is 909. The number of carbonyl (C=O) groups is 1. The molecule has 2 amide bonds. The normalized spacial score (nSPS) is 10.4. The Morgan fingerprint density at radius 3 is 2.46 bits per heavy atom. The van der Waals surface area contributed by atoms with Crippen molar-refractivity contribution in [3.63, 3.8) is 0 Å². The minimum atomic E-state index is -0.303. The van der Waals surface area contributed by atoms with E-state index in [2.05, 4.69) is 30.9 Å². The van der Waals surface area contributed by atoms with E-state index >= 15 is 0 Å². The molecule has 3 rings (SSSR count). The second kappa shape index (κ2) is 7.64. The van der Waals surface area contributed by atoms with Crippen molar-refractivity contribution < 1.29 is 4.79 Å². The number of pyridine rings is 1. The van der Waals surface area contributed by atoms with Crippen molar-refractivity contribution in [1.29, 1.82) is 0 Å². The molecule has 0 atom stereocenters. The fourth-order valence-corrected chi connectivity index (χ4v) is 2.34. The Labute approximate surface area is 151 Å². The summed E-state index contributed by atoms with van der Waals surface area (Å²) in [5, 5.41) is 8.53. The number of hydrogen-bond donors (Lipinski definition) is 3. The van der Waals surface area contributed by atoms with Crippen LogP contribution in [0.1, 0.15) is 6.92 Å². The van der Waals surface area contributed by atoms with E-state index in [0.29, 0.717) is 29.3 Å². The molecule has 134 valence electrons. The first kappa shape index (κ1) is 17.4. The van der Waals surface area contributed by atoms with E-state index < -0.39 is 0 Å². The summed E-state index contributed by atoms with van der Waals surface area (Å²) in [6, 6.07) is 11.1. The van der Waals surface area contributed by atoms with E-state index in [0.717, 1.165) is 11.4 Å². The highest BCUT2D eigenvalue weighted by Gasteiger charge is 2.06. The summed E-state index contributed by atoms with van der Waals surface area (Å²) < 4.78 is 0. The minimum absolute atomic E-state index is 0.303. The molecule has 0 saturated carbocycles. The predicted octanol–water partition coefficient (Wildman–Crippen LogP) is 2.98. The number of hydrogen-bond acceptors (Lipinski definition) is 6. The lowest BCUT2D eigenvalue weighted by molar-refractivity contribution is 0.252. The van der Waals surface area contributed by atoms with Gasteiger partial charge in [0, 0.05) is 32.0 Å². The lowest BCUT2D eigenvalue weighted by Crippen LogP contribution is -2.28. The van der Waals surface area contributed by atoms with Crippen molar-refractivity contribution >= 4 is 40.2 Å². The molecule has 0 radical (unpaired) electrons. The van der Waals surface area contributed by atoms with E-state index in [1.54, 1.807) is 18.3 Å². The van der Waals surface area contributed by atoms with Gasteiger partial charge >= 0.3 is 6.03 Å². The molecule has 0 aliphatic carbocycles. The van der Waals surface area contributed by atoms with E-state index in [9.17, 15) is 4.79 Å². The van der Waals surface area contributed by atoms with Crippen molar-refractivity contribution in [3.05, 3.63) is 42.6 Å². The van der Waals surface area contributed by atoms with Crippen molar-refractivity contribution in [1.82, 2.24) is 20.3 Å². The van der Waals surface area contributed by atoms with E-state index in [1.807, 2.05) is 50.2 Å². The number of nitrogens with zero attached hydrogens (tertiary/aromatic N) is 4. The van der Waals surface area contributed by atoms with Crippen LogP contribution < -0.4 is 20.9 Å². The van der Waals surface area contributed by atoms with Gasteiger partial charge in [-0.3, -0.25) is 5.32 Å². The number of anilines is 4. The molecule has 3 N–H and O–H groups in total. The standard InChI is InChI=1S/C18H21N7O/c1-4-19-18(26)24-15-10-9-14-17(22-15)23-16(11-20-14)21-12-5-7-13(8-6-12)25(2)3/h5-11H,4H2,1-3H3,(H3,19,21,22,23,24,26). The van der Waals surface area contributed by atoms with Gasteiger partial charge in [0.15, 0.2) is 11.5 Å². The Morgan fingerprint density at radius 1 is 1.04 bits per heavy atom. The van der Waals surface area contributed by atoms with Gasteiger partial charge in [-0.2, -0.15) is 0 Å². The summed E-state index contributed by atoms with van der Waals surface area (Å²) in [4.78, 5) is 26.8. The van der Waals surface area contributed by atoms with Crippen molar-refractivity contribution in [2.24, 2.45) is 0 Å². The topological polar surface area (TPSA) is 95.1 Å². The van der Waals surface area contributed by atoms with Gasteiger partial charge in [-0.05, 0) is 43.3 Å². The van der Waals surface area contributed by atoms with Gasteiger partial charge in [0.2, 0.25) is 0 Å². The molecule has 26 heavy (non-hydrogen) atoms. The van der Waals surface area contributed by atoms with Crippen LogP contribution in [0.25, 0.3) is 11.2 Å². The average Bonchev–Trinajstić information content (AvgIpc) is 2.62. The predicted molar refractivity (Wildman–Crippen MR) is 104 cm³/mol. The zero-order chi connectivity index (χ0) is 18.5. The SMILES string of the molecule is CCNC(=O)Nc1ccc2ncc(Nc3ccc(N(C)C)cc3)nc2n1. The van der Waals surface area contributed by atoms with E-state index in [1.165, 1.54) is 0 Å². The van der Waals surface area contributed by atoms with Gasteiger partial charge in [-0.25, -0.2) is 19.7 Å². The molecule has 0 fully saturated rings.